The smallest absolute Gasteiger partial charge is 0.296 e. The Morgan fingerprint density at radius 2 is 1.32 bits per heavy atom. The van der Waals surface area contributed by atoms with E-state index in [1.165, 1.54) is 0 Å². The second kappa shape index (κ2) is 6.58. The van der Waals surface area contributed by atoms with Crippen LogP contribution in [0.3, 0.4) is 0 Å². The van der Waals surface area contributed by atoms with Gasteiger partial charge in [-0.05, 0) is 73.8 Å². The Kier molecular flexibility index (Phi) is 6.63. The van der Waals surface area contributed by atoms with Gasteiger partial charge in [0, 0.05) is 0 Å². The van der Waals surface area contributed by atoms with Crippen molar-refractivity contribution in [3.05, 3.63) is 0 Å². The summed E-state index contributed by atoms with van der Waals surface area (Å²) in [6, 6.07) is 0. The predicted octanol–water partition coefficient (Wildman–Crippen LogP) is 5.00. The second-order valence-electron chi connectivity index (χ2n) is 8.40. The summed E-state index contributed by atoms with van der Waals surface area (Å²) in [5, 5.41) is -1.71. The fraction of sp³-hybridized carbons (Fsp3) is 1.00. The monoisotopic (exact) mass is 356 g/mol. The lowest BCUT2D eigenvalue weighted by Gasteiger charge is -2.39. The van der Waals surface area contributed by atoms with Crippen LogP contribution in [0.25, 0.3) is 0 Å². The fourth-order valence-electron chi connectivity index (χ4n) is 1.31. The second-order valence-corrected chi connectivity index (χ2v) is 12.9. The minimum Gasteiger partial charge on any atom is -0.296 e. The highest BCUT2D eigenvalue weighted by Crippen LogP contribution is 2.64. The molecule has 0 aromatic heterocycles. The molecule has 0 saturated carbocycles. The first kappa shape index (κ1) is 22.2. The van der Waals surface area contributed by atoms with Gasteiger partial charge in [-0.3, -0.25) is 9.09 Å². The standard InChI is InChI=1S/C14H32NO5P2/c1-11(2,3)18-21(16)14(9,10)13(7,8)19-22(17,20-15)12(4,5)6/h15H2,1-10H3/q+1. The Balaban J connectivity index is 5.54. The maximum Gasteiger partial charge on any atom is 0.517 e. The van der Waals surface area contributed by atoms with Crippen molar-refractivity contribution in [3.8, 4) is 0 Å². The van der Waals surface area contributed by atoms with Gasteiger partial charge in [0.1, 0.15) is 11.2 Å². The van der Waals surface area contributed by atoms with E-state index in [2.05, 4.69) is 0 Å². The molecule has 2 unspecified atom stereocenters. The molecule has 0 saturated heterocycles. The number of rotatable bonds is 6. The molecule has 0 amide bonds. The first-order chi connectivity index (χ1) is 9.40. The number of hydrogen-bond donors (Lipinski definition) is 1. The molecule has 2 atom stereocenters. The van der Waals surface area contributed by atoms with Gasteiger partial charge in [-0.2, -0.15) is 0 Å². The highest BCUT2D eigenvalue weighted by Gasteiger charge is 2.60. The lowest BCUT2D eigenvalue weighted by Crippen LogP contribution is -2.46. The first-order valence-electron chi connectivity index (χ1n) is 7.25. The SMILES string of the molecule is CC(C)(C)O[P+](=O)C(C)(C)C(C)(C)OP(=O)(ON)C(C)(C)C. The summed E-state index contributed by atoms with van der Waals surface area (Å²) < 4.78 is 41.6. The quantitative estimate of drug-likeness (QED) is 0.532. The third-order valence-electron chi connectivity index (χ3n) is 3.60. The molecule has 0 aliphatic heterocycles. The average Bonchev–Trinajstić information content (AvgIpc) is 2.23. The Labute approximate surface area is 135 Å². The summed E-state index contributed by atoms with van der Waals surface area (Å²) in [6.07, 6.45) is 0. The van der Waals surface area contributed by atoms with Crippen LogP contribution in [0.5, 0.6) is 0 Å². The summed E-state index contributed by atoms with van der Waals surface area (Å²) in [7, 11) is -5.69. The van der Waals surface area contributed by atoms with Crippen molar-refractivity contribution in [2.45, 2.75) is 90.8 Å². The maximum atomic E-state index is 12.9. The zero-order valence-corrected chi connectivity index (χ0v) is 17.3. The highest BCUT2D eigenvalue weighted by atomic mass is 31.2. The van der Waals surface area contributed by atoms with E-state index >= 15 is 0 Å². The topological polar surface area (TPSA) is 87.8 Å². The van der Waals surface area contributed by atoms with E-state index in [1.807, 2.05) is 20.8 Å². The fourth-order valence-corrected chi connectivity index (χ4v) is 4.06. The van der Waals surface area contributed by atoms with Gasteiger partial charge in [0.2, 0.25) is 5.16 Å². The van der Waals surface area contributed by atoms with Crippen molar-refractivity contribution in [1.29, 1.82) is 0 Å². The summed E-state index contributed by atoms with van der Waals surface area (Å²) in [4.78, 5) is 0. The minimum atomic E-state index is -3.60. The Morgan fingerprint density at radius 1 is 0.909 bits per heavy atom. The Hall–Kier alpha value is 0.170. The molecule has 8 heteroatoms. The first-order valence-corrected chi connectivity index (χ1v) is 9.97. The van der Waals surface area contributed by atoms with Crippen molar-refractivity contribution in [3.63, 3.8) is 0 Å². The molecule has 0 heterocycles. The van der Waals surface area contributed by atoms with Crippen LogP contribution >= 0.6 is 15.6 Å². The van der Waals surface area contributed by atoms with Gasteiger partial charge in [0.15, 0.2) is 0 Å². The van der Waals surface area contributed by atoms with Crippen LogP contribution in [-0.2, 0) is 22.8 Å². The third-order valence-corrected chi connectivity index (χ3v) is 8.38. The molecule has 0 aromatic rings. The van der Waals surface area contributed by atoms with Gasteiger partial charge in [-0.1, -0.05) is 0 Å². The van der Waals surface area contributed by atoms with Gasteiger partial charge >= 0.3 is 15.6 Å². The van der Waals surface area contributed by atoms with Gasteiger partial charge in [0.05, 0.1) is 5.16 Å². The summed E-state index contributed by atoms with van der Waals surface area (Å²) in [6.45, 7) is 17.6. The van der Waals surface area contributed by atoms with Crippen molar-refractivity contribution in [1.82, 2.24) is 0 Å². The van der Waals surface area contributed by atoms with Crippen LogP contribution in [0.2, 0.25) is 0 Å². The molecule has 0 spiro atoms. The minimum absolute atomic E-state index is 0.557. The van der Waals surface area contributed by atoms with Gasteiger partial charge < -0.3 is 0 Å². The van der Waals surface area contributed by atoms with Gasteiger partial charge in [0.25, 0.3) is 0 Å². The summed E-state index contributed by atoms with van der Waals surface area (Å²) in [5.74, 6) is 5.23. The number of nitrogens with two attached hydrogens (primary N) is 1. The molecule has 0 radical (unpaired) electrons. The van der Waals surface area contributed by atoms with Crippen molar-refractivity contribution in [2.24, 2.45) is 5.90 Å². The molecule has 0 aromatic carbocycles. The molecule has 0 fully saturated rings. The molecule has 0 rings (SSSR count). The average molecular weight is 356 g/mol. The van der Waals surface area contributed by atoms with E-state index < -0.39 is 37.1 Å². The largest absolute Gasteiger partial charge is 0.517 e. The lowest BCUT2D eigenvalue weighted by atomic mass is 9.94. The molecule has 2 N–H and O–H groups in total. The van der Waals surface area contributed by atoms with E-state index in [1.54, 1.807) is 48.5 Å². The van der Waals surface area contributed by atoms with E-state index in [9.17, 15) is 9.13 Å². The molecule has 0 aliphatic rings. The third kappa shape index (κ3) is 5.09. The molecule has 0 aliphatic carbocycles. The van der Waals surface area contributed by atoms with E-state index in [-0.39, 0.29) is 0 Å². The summed E-state index contributed by atoms with van der Waals surface area (Å²) >= 11 is 0. The normalized spacial score (nSPS) is 18.0. The summed E-state index contributed by atoms with van der Waals surface area (Å²) in [5.41, 5.74) is -1.60. The zero-order chi connectivity index (χ0) is 18.2. The molecule has 132 valence electrons. The van der Waals surface area contributed by atoms with Crippen LogP contribution in [0.15, 0.2) is 0 Å². The highest BCUT2D eigenvalue weighted by molar-refractivity contribution is 7.55. The zero-order valence-electron chi connectivity index (χ0n) is 15.5. The van der Waals surface area contributed by atoms with Crippen molar-refractivity contribution >= 4 is 15.6 Å². The molecule has 6 nitrogen and oxygen atoms in total. The Bertz CT molecular complexity index is 461. The van der Waals surface area contributed by atoms with Crippen molar-refractivity contribution in [2.75, 3.05) is 0 Å². The van der Waals surface area contributed by atoms with Crippen LogP contribution in [0, 0.1) is 0 Å². The van der Waals surface area contributed by atoms with E-state index in [0.29, 0.717) is 0 Å². The molecular formula is C14H32NO5P2+. The van der Waals surface area contributed by atoms with Gasteiger partial charge in [-0.25, -0.2) is 10.5 Å². The van der Waals surface area contributed by atoms with Gasteiger partial charge in [-0.15, -0.1) is 4.52 Å². The van der Waals surface area contributed by atoms with E-state index in [4.69, 9.17) is 19.6 Å². The van der Waals surface area contributed by atoms with Crippen LogP contribution < -0.4 is 5.90 Å². The molecule has 0 bridgehead atoms. The van der Waals surface area contributed by atoms with Crippen LogP contribution in [-0.4, -0.2) is 21.5 Å². The van der Waals surface area contributed by atoms with E-state index in [0.717, 1.165) is 0 Å². The molecule has 22 heavy (non-hydrogen) atoms. The molecular weight excluding hydrogens is 324 g/mol. The number of hydrogen-bond acceptors (Lipinski definition) is 6. The maximum absolute atomic E-state index is 12.9. The van der Waals surface area contributed by atoms with Crippen LogP contribution in [0.4, 0.5) is 0 Å². The lowest BCUT2D eigenvalue weighted by molar-refractivity contribution is 0.0337. The Morgan fingerprint density at radius 3 is 1.59 bits per heavy atom. The van der Waals surface area contributed by atoms with Crippen molar-refractivity contribution < 1.29 is 22.8 Å². The van der Waals surface area contributed by atoms with Crippen LogP contribution in [0.1, 0.15) is 69.2 Å². The predicted molar refractivity (Wildman–Crippen MR) is 90.3 cm³/mol.